The molecule has 0 amide bonds. The number of halogens is 2. The molecule has 1 aliphatic rings. The lowest BCUT2D eigenvalue weighted by Crippen LogP contribution is -2.44. The van der Waals surface area contributed by atoms with Gasteiger partial charge in [-0.15, -0.1) is 0 Å². The van der Waals surface area contributed by atoms with Crippen molar-refractivity contribution in [2.75, 3.05) is 19.8 Å². The van der Waals surface area contributed by atoms with E-state index in [0.717, 1.165) is 0 Å². The SMILES string of the molecule is OC1(CNCc2ccccc2OC(F)F)CCOCC1. The van der Waals surface area contributed by atoms with Gasteiger partial charge < -0.3 is 19.9 Å². The molecule has 1 aromatic carbocycles. The van der Waals surface area contributed by atoms with Gasteiger partial charge in [0.1, 0.15) is 5.75 Å². The van der Waals surface area contributed by atoms with E-state index in [4.69, 9.17) is 4.74 Å². The second-order valence-corrected chi connectivity index (χ2v) is 4.93. The number of ether oxygens (including phenoxy) is 2. The Morgan fingerprint density at radius 3 is 2.70 bits per heavy atom. The van der Waals surface area contributed by atoms with Crippen molar-refractivity contribution in [2.45, 2.75) is 31.6 Å². The Kier molecular flexibility index (Phi) is 5.28. The molecule has 2 N–H and O–H groups in total. The van der Waals surface area contributed by atoms with Gasteiger partial charge in [0, 0.05) is 44.7 Å². The van der Waals surface area contributed by atoms with E-state index in [1.807, 2.05) is 0 Å². The van der Waals surface area contributed by atoms with Crippen molar-refractivity contribution < 1.29 is 23.4 Å². The number of benzene rings is 1. The summed E-state index contributed by atoms with van der Waals surface area (Å²) >= 11 is 0. The smallest absolute Gasteiger partial charge is 0.387 e. The lowest BCUT2D eigenvalue weighted by molar-refractivity contribution is -0.0622. The Bertz CT molecular complexity index is 423. The van der Waals surface area contributed by atoms with Gasteiger partial charge in [-0.25, -0.2) is 0 Å². The van der Waals surface area contributed by atoms with E-state index in [1.54, 1.807) is 18.2 Å². The summed E-state index contributed by atoms with van der Waals surface area (Å²) in [4.78, 5) is 0. The van der Waals surface area contributed by atoms with Crippen LogP contribution in [0.5, 0.6) is 5.75 Å². The first-order chi connectivity index (χ1) is 9.59. The minimum atomic E-state index is -2.84. The number of rotatable bonds is 6. The van der Waals surface area contributed by atoms with Crippen LogP contribution in [0, 0.1) is 0 Å². The summed E-state index contributed by atoms with van der Waals surface area (Å²) in [5.74, 6) is 0.161. The molecule has 0 spiro atoms. The van der Waals surface area contributed by atoms with Gasteiger partial charge in [0.15, 0.2) is 0 Å². The monoisotopic (exact) mass is 287 g/mol. The molecule has 6 heteroatoms. The largest absolute Gasteiger partial charge is 0.434 e. The first-order valence-corrected chi connectivity index (χ1v) is 6.63. The topological polar surface area (TPSA) is 50.7 Å². The predicted molar refractivity (Wildman–Crippen MR) is 69.8 cm³/mol. The fraction of sp³-hybridized carbons (Fsp3) is 0.571. The molecule has 20 heavy (non-hydrogen) atoms. The number of nitrogens with one attached hydrogen (secondary N) is 1. The molecule has 0 aliphatic carbocycles. The summed E-state index contributed by atoms with van der Waals surface area (Å²) in [5.41, 5.74) is -0.139. The second-order valence-electron chi connectivity index (χ2n) is 4.93. The summed E-state index contributed by atoms with van der Waals surface area (Å²) < 4.78 is 34.2. The van der Waals surface area contributed by atoms with Gasteiger partial charge in [0.05, 0.1) is 5.60 Å². The quantitative estimate of drug-likeness (QED) is 0.839. The van der Waals surface area contributed by atoms with Gasteiger partial charge in [0.25, 0.3) is 0 Å². The standard InChI is InChI=1S/C14H19F2NO3/c15-13(16)20-12-4-2-1-3-11(12)9-17-10-14(18)5-7-19-8-6-14/h1-4,13,17-18H,5-10H2. The first-order valence-electron chi connectivity index (χ1n) is 6.63. The van der Waals surface area contributed by atoms with Gasteiger partial charge in [-0.2, -0.15) is 8.78 Å². The van der Waals surface area contributed by atoms with Crippen molar-refractivity contribution in [1.29, 1.82) is 0 Å². The average molecular weight is 287 g/mol. The van der Waals surface area contributed by atoms with E-state index in [2.05, 4.69) is 10.1 Å². The fourth-order valence-corrected chi connectivity index (χ4v) is 2.22. The molecule has 112 valence electrons. The summed E-state index contributed by atoms with van der Waals surface area (Å²) in [6, 6.07) is 6.64. The van der Waals surface area contributed by atoms with Crippen molar-refractivity contribution in [3.8, 4) is 5.75 Å². The van der Waals surface area contributed by atoms with Crippen molar-refractivity contribution in [1.82, 2.24) is 5.32 Å². The molecule has 0 unspecified atom stereocenters. The van der Waals surface area contributed by atoms with E-state index in [0.29, 0.717) is 44.7 Å². The van der Waals surface area contributed by atoms with Crippen molar-refractivity contribution >= 4 is 0 Å². The van der Waals surface area contributed by atoms with E-state index in [-0.39, 0.29) is 5.75 Å². The van der Waals surface area contributed by atoms with Crippen LogP contribution >= 0.6 is 0 Å². The molecule has 0 saturated carbocycles. The molecule has 4 nitrogen and oxygen atoms in total. The normalized spacial score (nSPS) is 18.2. The summed E-state index contributed by atoms with van der Waals surface area (Å²) in [7, 11) is 0. The molecule has 0 aromatic heterocycles. The highest BCUT2D eigenvalue weighted by Crippen LogP contribution is 2.22. The molecule has 1 fully saturated rings. The van der Waals surface area contributed by atoms with Crippen LogP contribution in [0.2, 0.25) is 0 Å². The van der Waals surface area contributed by atoms with Crippen molar-refractivity contribution in [3.63, 3.8) is 0 Å². The second kappa shape index (κ2) is 6.97. The lowest BCUT2D eigenvalue weighted by Gasteiger charge is -2.32. The molecule has 1 aliphatic heterocycles. The molecular weight excluding hydrogens is 268 g/mol. The number of hydrogen-bond acceptors (Lipinski definition) is 4. The molecular formula is C14H19F2NO3. The Morgan fingerprint density at radius 2 is 2.00 bits per heavy atom. The van der Waals surface area contributed by atoms with E-state index >= 15 is 0 Å². The van der Waals surface area contributed by atoms with Crippen LogP contribution < -0.4 is 10.1 Å². The zero-order chi connectivity index (χ0) is 14.4. The van der Waals surface area contributed by atoms with E-state index < -0.39 is 12.2 Å². The summed E-state index contributed by atoms with van der Waals surface area (Å²) in [5, 5.41) is 13.4. The number of alkyl halides is 2. The van der Waals surface area contributed by atoms with Gasteiger partial charge in [0.2, 0.25) is 0 Å². The van der Waals surface area contributed by atoms with Crippen LogP contribution in [0.4, 0.5) is 8.78 Å². The third-order valence-electron chi connectivity index (χ3n) is 3.38. The molecule has 0 radical (unpaired) electrons. The molecule has 1 aromatic rings. The van der Waals surface area contributed by atoms with Crippen molar-refractivity contribution in [2.24, 2.45) is 0 Å². The van der Waals surface area contributed by atoms with Crippen LogP contribution in [0.25, 0.3) is 0 Å². The Morgan fingerprint density at radius 1 is 1.30 bits per heavy atom. The lowest BCUT2D eigenvalue weighted by atomic mass is 9.94. The highest BCUT2D eigenvalue weighted by molar-refractivity contribution is 5.33. The van der Waals surface area contributed by atoms with Gasteiger partial charge in [-0.05, 0) is 6.07 Å². The van der Waals surface area contributed by atoms with Gasteiger partial charge in [-0.3, -0.25) is 0 Å². The first kappa shape index (κ1) is 15.2. The zero-order valence-corrected chi connectivity index (χ0v) is 11.1. The highest BCUT2D eigenvalue weighted by Gasteiger charge is 2.29. The Hall–Kier alpha value is -1.24. The Labute approximate surface area is 116 Å². The number of hydrogen-bond donors (Lipinski definition) is 2. The molecule has 0 atom stereocenters. The maximum Gasteiger partial charge on any atom is 0.387 e. The highest BCUT2D eigenvalue weighted by atomic mass is 19.3. The minimum absolute atomic E-state index is 0.161. The zero-order valence-electron chi connectivity index (χ0n) is 11.1. The van der Waals surface area contributed by atoms with Crippen LogP contribution in [0.1, 0.15) is 18.4 Å². The minimum Gasteiger partial charge on any atom is -0.434 e. The maximum atomic E-state index is 12.3. The Balaban J connectivity index is 1.87. The summed E-state index contributed by atoms with van der Waals surface area (Å²) in [6.45, 7) is -0.978. The fourth-order valence-electron chi connectivity index (χ4n) is 2.22. The molecule has 1 saturated heterocycles. The molecule has 1 heterocycles. The predicted octanol–water partition coefficient (Wildman–Crippen LogP) is 1.92. The van der Waals surface area contributed by atoms with Gasteiger partial charge >= 0.3 is 6.61 Å². The van der Waals surface area contributed by atoms with E-state index in [1.165, 1.54) is 6.07 Å². The van der Waals surface area contributed by atoms with E-state index in [9.17, 15) is 13.9 Å². The molecule has 0 bridgehead atoms. The maximum absolute atomic E-state index is 12.3. The van der Waals surface area contributed by atoms with Gasteiger partial charge in [-0.1, -0.05) is 18.2 Å². The third-order valence-corrected chi connectivity index (χ3v) is 3.38. The number of aliphatic hydroxyl groups is 1. The van der Waals surface area contributed by atoms with Crippen LogP contribution in [0.3, 0.4) is 0 Å². The summed E-state index contributed by atoms with van der Waals surface area (Å²) in [6.07, 6.45) is 1.16. The third kappa shape index (κ3) is 4.40. The average Bonchev–Trinajstić information content (AvgIpc) is 2.41. The van der Waals surface area contributed by atoms with Crippen LogP contribution in [-0.4, -0.2) is 37.1 Å². The van der Waals surface area contributed by atoms with Crippen molar-refractivity contribution in [3.05, 3.63) is 29.8 Å². The molecule has 2 rings (SSSR count). The number of para-hydroxylation sites is 1. The van der Waals surface area contributed by atoms with Crippen LogP contribution in [-0.2, 0) is 11.3 Å². The van der Waals surface area contributed by atoms with Crippen LogP contribution in [0.15, 0.2) is 24.3 Å².